The Kier molecular flexibility index (Phi) is 6.41. The Morgan fingerprint density at radius 2 is 1.33 bits per heavy atom. The summed E-state index contributed by atoms with van der Waals surface area (Å²) in [5, 5.41) is 10.9. The van der Waals surface area contributed by atoms with E-state index in [-0.39, 0.29) is 5.91 Å². The normalized spacial score (nSPS) is 25.9. The molecule has 0 spiro atoms. The Balaban J connectivity index is 1.14. The van der Waals surface area contributed by atoms with Crippen molar-refractivity contribution in [2.24, 2.45) is 0 Å². The smallest absolute Gasteiger partial charge is 0.242 e. The van der Waals surface area contributed by atoms with Crippen LogP contribution in [0.2, 0.25) is 0 Å². The first kappa shape index (κ1) is 20.5. The van der Waals surface area contributed by atoms with Crippen LogP contribution in [0.3, 0.4) is 0 Å². The Bertz CT molecular complexity index is 706. The molecule has 0 atom stereocenters. The first-order valence-electron chi connectivity index (χ1n) is 12.1. The minimum Gasteiger partial charge on any atom is -0.346 e. The third-order valence-corrected chi connectivity index (χ3v) is 8.63. The zero-order valence-electron chi connectivity index (χ0n) is 18.2. The largest absolute Gasteiger partial charge is 0.346 e. The molecule has 1 saturated carbocycles. The van der Waals surface area contributed by atoms with Gasteiger partial charge in [0.05, 0.1) is 6.54 Å². The maximum Gasteiger partial charge on any atom is 0.242 e. The highest BCUT2D eigenvalue weighted by molar-refractivity contribution is 7.19. The zero-order chi connectivity index (χ0) is 20.3. The van der Waals surface area contributed by atoms with Crippen LogP contribution in [0.5, 0.6) is 0 Å². The van der Waals surface area contributed by atoms with Crippen LogP contribution < -0.4 is 9.80 Å². The minimum atomic E-state index is 0.271. The van der Waals surface area contributed by atoms with Crippen molar-refractivity contribution in [1.29, 1.82) is 0 Å². The van der Waals surface area contributed by atoms with Gasteiger partial charge in [0.15, 0.2) is 0 Å². The van der Waals surface area contributed by atoms with Gasteiger partial charge >= 0.3 is 0 Å². The summed E-state index contributed by atoms with van der Waals surface area (Å²) in [7, 11) is 0. The molecular formula is C22H36N6OS. The molecule has 4 heterocycles. The standard InChI is InChI=1S/C22H36N6OS/c29-20-17-27(15-16-28(20)19-7-3-1-4-8-19)22-24-23-21(30-22)26-13-9-18(10-14-26)25-11-5-2-6-12-25/h18-19H,1-17H2. The molecule has 0 N–H and O–H groups in total. The van der Waals surface area contributed by atoms with E-state index < -0.39 is 0 Å². The van der Waals surface area contributed by atoms with Gasteiger partial charge in [-0.3, -0.25) is 4.79 Å². The van der Waals surface area contributed by atoms with Gasteiger partial charge in [0, 0.05) is 38.3 Å². The molecule has 1 aromatic heterocycles. The van der Waals surface area contributed by atoms with E-state index in [0.717, 1.165) is 42.5 Å². The number of carbonyl (C=O) groups is 1. The van der Waals surface area contributed by atoms with Crippen LogP contribution in [0.1, 0.15) is 64.2 Å². The summed E-state index contributed by atoms with van der Waals surface area (Å²) in [5.74, 6) is 0.271. The van der Waals surface area contributed by atoms with Crippen LogP contribution in [0.25, 0.3) is 0 Å². The summed E-state index contributed by atoms with van der Waals surface area (Å²) in [6.07, 6.45) is 12.8. The SMILES string of the molecule is O=C1CN(c2nnc(N3CCC(N4CCCCC4)CC3)s2)CCN1C1CCCCC1. The van der Waals surface area contributed by atoms with E-state index in [1.807, 2.05) is 0 Å². The number of rotatable bonds is 4. The molecule has 30 heavy (non-hydrogen) atoms. The van der Waals surface area contributed by atoms with Crippen molar-refractivity contribution in [1.82, 2.24) is 20.0 Å². The fraction of sp³-hybridized carbons (Fsp3) is 0.864. The number of hydrogen-bond acceptors (Lipinski definition) is 7. The highest BCUT2D eigenvalue weighted by atomic mass is 32.1. The highest BCUT2D eigenvalue weighted by Gasteiger charge is 2.32. The van der Waals surface area contributed by atoms with E-state index in [1.54, 1.807) is 11.3 Å². The Hall–Kier alpha value is -1.41. The van der Waals surface area contributed by atoms with Crippen molar-refractivity contribution in [2.45, 2.75) is 76.3 Å². The summed E-state index contributed by atoms with van der Waals surface area (Å²) >= 11 is 1.67. The van der Waals surface area contributed by atoms with Gasteiger partial charge < -0.3 is 19.6 Å². The van der Waals surface area contributed by atoms with E-state index in [0.29, 0.717) is 12.6 Å². The average molecular weight is 433 g/mol. The maximum atomic E-state index is 12.8. The molecule has 4 fully saturated rings. The second-order valence-corrected chi connectivity index (χ2v) is 10.4. The molecule has 1 amide bonds. The second kappa shape index (κ2) is 9.39. The van der Waals surface area contributed by atoms with Gasteiger partial charge in [-0.25, -0.2) is 0 Å². The van der Waals surface area contributed by atoms with E-state index in [4.69, 9.17) is 0 Å². The van der Waals surface area contributed by atoms with Gasteiger partial charge in [-0.05, 0) is 51.6 Å². The molecule has 0 unspecified atom stereocenters. The number of amides is 1. The lowest BCUT2D eigenvalue weighted by Crippen LogP contribution is -2.54. The number of aromatic nitrogens is 2. The van der Waals surface area contributed by atoms with E-state index in [2.05, 4.69) is 29.8 Å². The molecule has 166 valence electrons. The quantitative estimate of drug-likeness (QED) is 0.729. The van der Waals surface area contributed by atoms with Crippen LogP contribution in [0.15, 0.2) is 0 Å². The molecule has 3 saturated heterocycles. The van der Waals surface area contributed by atoms with Crippen molar-refractivity contribution < 1.29 is 4.79 Å². The summed E-state index contributed by atoms with van der Waals surface area (Å²) in [5.41, 5.74) is 0. The number of likely N-dealkylation sites (tertiary alicyclic amines) is 1. The number of piperidine rings is 2. The lowest BCUT2D eigenvalue weighted by molar-refractivity contribution is -0.134. The first-order chi connectivity index (χ1) is 14.8. The van der Waals surface area contributed by atoms with Crippen LogP contribution in [-0.4, -0.2) is 83.8 Å². The van der Waals surface area contributed by atoms with E-state index in [1.165, 1.54) is 77.3 Å². The van der Waals surface area contributed by atoms with Gasteiger partial charge in [0.1, 0.15) is 0 Å². The Morgan fingerprint density at radius 3 is 2.03 bits per heavy atom. The maximum absolute atomic E-state index is 12.8. The van der Waals surface area contributed by atoms with Crippen molar-refractivity contribution >= 4 is 27.5 Å². The monoisotopic (exact) mass is 432 g/mol. The molecule has 8 heteroatoms. The highest BCUT2D eigenvalue weighted by Crippen LogP contribution is 2.32. The van der Waals surface area contributed by atoms with Crippen LogP contribution in [-0.2, 0) is 4.79 Å². The topological polar surface area (TPSA) is 55.8 Å². The molecule has 1 aromatic rings. The fourth-order valence-electron chi connectivity index (χ4n) is 5.80. The van der Waals surface area contributed by atoms with E-state index >= 15 is 0 Å². The third kappa shape index (κ3) is 4.44. The van der Waals surface area contributed by atoms with Crippen molar-refractivity contribution in [3.05, 3.63) is 0 Å². The fourth-order valence-corrected chi connectivity index (χ4v) is 6.72. The molecule has 4 aliphatic rings. The Morgan fingerprint density at radius 1 is 0.667 bits per heavy atom. The molecule has 5 rings (SSSR count). The summed E-state index contributed by atoms with van der Waals surface area (Å²) in [4.78, 5) is 22.2. The molecule has 0 radical (unpaired) electrons. The zero-order valence-corrected chi connectivity index (χ0v) is 19.0. The van der Waals surface area contributed by atoms with Crippen LogP contribution in [0.4, 0.5) is 10.3 Å². The second-order valence-electron chi connectivity index (χ2n) is 9.48. The first-order valence-corrected chi connectivity index (χ1v) is 13.0. The molecule has 7 nitrogen and oxygen atoms in total. The molecule has 0 bridgehead atoms. The van der Waals surface area contributed by atoms with Gasteiger partial charge in [0.25, 0.3) is 0 Å². The minimum absolute atomic E-state index is 0.271. The lowest BCUT2D eigenvalue weighted by atomic mass is 9.93. The molecule has 1 aliphatic carbocycles. The predicted octanol–water partition coefficient (Wildman–Crippen LogP) is 2.97. The van der Waals surface area contributed by atoms with Crippen molar-refractivity contribution in [3.63, 3.8) is 0 Å². The molecule has 3 aliphatic heterocycles. The third-order valence-electron chi connectivity index (χ3n) is 7.59. The number of anilines is 2. The summed E-state index contributed by atoms with van der Waals surface area (Å²) < 4.78 is 0. The van der Waals surface area contributed by atoms with E-state index in [9.17, 15) is 4.79 Å². The van der Waals surface area contributed by atoms with Gasteiger partial charge in [0.2, 0.25) is 16.2 Å². The summed E-state index contributed by atoms with van der Waals surface area (Å²) in [6.45, 7) is 6.90. The predicted molar refractivity (Wildman–Crippen MR) is 121 cm³/mol. The number of hydrogen-bond donors (Lipinski definition) is 0. The summed E-state index contributed by atoms with van der Waals surface area (Å²) in [6, 6.07) is 1.22. The molecule has 0 aromatic carbocycles. The average Bonchev–Trinajstić information content (AvgIpc) is 3.31. The number of carbonyl (C=O) groups excluding carboxylic acids is 1. The Labute approximate surface area is 184 Å². The van der Waals surface area contributed by atoms with Crippen LogP contribution in [0, 0.1) is 0 Å². The lowest BCUT2D eigenvalue weighted by Gasteiger charge is -2.40. The molecular weight excluding hydrogens is 396 g/mol. The van der Waals surface area contributed by atoms with Crippen LogP contribution >= 0.6 is 11.3 Å². The van der Waals surface area contributed by atoms with Gasteiger partial charge in [-0.15, -0.1) is 10.2 Å². The number of nitrogens with zero attached hydrogens (tertiary/aromatic N) is 6. The van der Waals surface area contributed by atoms with Gasteiger partial charge in [-0.1, -0.05) is 37.0 Å². The van der Waals surface area contributed by atoms with Crippen molar-refractivity contribution in [3.8, 4) is 0 Å². The number of piperazine rings is 1. The van der Waals surface area contributed by atoms with Gasteiger partial charge in [-0.2, -0.15) is 0 Å². The van der Waals surface area contributed by atoms with Crippen molar-refractivity contribution in [2.75, 3.05) is 55.6 Å².